The third-order valence-electron chi connectivity index (χ3n) is 4.77. The van der Waals surface area contributed by atoms with Gasteiger partial charge in [0, 0.05) is 5.56 Å². The van der Waals surface area contributed by atoms with Gasteiger partial charge in [-0.3, -0.25) is 9.10 Å². The van der Waals surface area contributed by atoms with Crippen LogP contribution in [0.4, 0.5) is 14.5 Å². The lowest BCUT2D eigenvalue weighted by atomic mass is 10.1. The number of nitrogens with one attached hydrogen (secondary N) is 1. The zero-order valence-electron chi connectivity index (χ0n) is 17.0. The van der Waals surface area contributed by atoms with Gasteiger partial charge in [0.15, 0.2) is 0 Å². The van der Waals surface area contributed by atoms with Crippen LogP contribution in [-0.2, 0) is 16.6 Å². The van der Waals surface area contributed by atoms with Crippen molar-refractivity contribution in [2.45, 2.75) is 19.5 Å². The number of rotatable bonds is 7. The summed E-state index contributed by atoms with van der Waals surface area (Å²) in [7, 11) is -3.61. The second kappa shape index (κ2) is 9.26. The average molecular weight is 445 g/mol. The number of nitrogens with zero attached hydrogens (tertiary/aromatic N) is 1. The number of carbonyl (C=O) groups excluding carboxylic acids is 1. The Hall–Kier alpha value is -3.26. The number of sulfonamides is 1. The summed E-state index contributed by atoms with van der Waals surface area (Å²) in [5, 5.41) is 2.83. The normalized spacial score (nSPS) is 12.3. The minimum absolute atomic E-state index is 0.0340. The van der Waals surface area contributed by atoms with Crippen LogP contribution in [0.15, 0.2) is 72.8 Å². The van der Waals surface area contributed by atoms with Crippen LogP contribution in [-0.4, -0.2) is 20.6 Å². The Labute approximate surface area is 180 Å². The van der Waals surface area contributed by atoms with Gasteiger partial charge >= 0.3 is 0 Å². The van der Waals surface area contributed by atoms with Crippen molar-refractivity contribution in [2.24, 2.45) is 0 Å². The van der Waals surface area contributed by atoms with E-state index in [9.17, 15) is 22.0 Å². The quantitative estimate of drug-likeness (QED) is 0.587. The molecule has 1 N–H and O–H groups in total. The fourth-order valence-electron chi connectivity index (χ4n) is 3.05. The first-order chi connectivity index (χ1) is 14.6. The van der Waals surface area contributed by atoms with Crippen LogP contribution in [0.3, 0.4) is 0 Å². The molecule has 1 amide bonds. The Kier molecular flexibility index (Phi) is 6.70. The minimum Gasteiger partial charge on any atom is -0.346 e. The minimum atomic E-state index is -3.61. The van der Waals surface area contributed by atoms with Crippen molar-refractivity contribution in [3.05, 3.63) is 101 Å². The molecular formula is C23H22F2N2O3S. The van der Waals surface area contributed by atoms with E-state index < -0.39 is 15.8 Å². The van der Waals surface area contributed by atoms with Gasteiger partial charge in [0.2, 0.25) is 10.0 Å². The molecule has 0 bridgehead atoms. The molecule has 0 aliphatic heterocycles. The summed E-state index contributed by atoms with van der Waals surface area (Å²) in [5.74, 6) is -1.10. The van der Waals surface area contributed by atoms with Gasteiger partial charge in [-0.05, 0) is 66.6 Å². The van der Waals surface area contributed by atoms with E-state index in [1.54, 1.807) is 31.2 Å². The van der Waals surface area contributed by atoms with Crippen molar-refractivity contribution >= 4 is 21.6 Å². The summed E-state index contributed by atoms with van der Waals surface area (Å²) >= 11 is 0. The van der Waals surface area contributed by atoms with Crippen LogP contribution in [0, 0.1) is 11.6 Å². The van der Waals surface area contributed by atoms with E-state index in [0.29, 0.717) is 16.8 Å². The van der Waals surface area contributed by atoms with Gasteiger partial charge in [0.25, 0.3) is 5.91 Å². The molecule has 5 nitrogen and oxygen atoms in total. The van der Waals surface area contributed by atoms with Crippen LogP contribution in [0.2, 0.25) is 0 Å². The van der Waals surface area contributed by atoms with Gasteiger partial charge in [0.05, 0.1) is 24.5 Å². The molecule has 0 saturated carbocycles. The first-order valence-electron chi connectivity index (χ1n) is 9.52. The molecule has 3 aromatic rings. The second-order valence-electron chi connectivity index (χ2n) is 7.19. The Balaban J connectivity index is 1.75. The Morgan fingerprint density at radius 1 is 0.903 bits per heavy atom. The van der Waals surface area contributed by atoms with Crippen LogP contribution in [0.1, 0.15) is 34.5 Å². The number of hydrogen-bond donors (Lipinski definition) is 1. The summed E-state index contributed by atoms with van der Waals surface area (Å²) < 4.78 is 52.0. The molecule has 162 valence electrons. The second-order valence-corrected chi connectivity index (χ2v) is 9.10. The summed E-state index contributed by atoms with van der Waals surface area (Å²) in [6.07, 6.45) is 1.08. The Bertz CT molecular complexity index is 1150. The largest absolute Gasteiger partial charge is 0.346 e. The highest BCUT2D eigenvalue weighted by Gasteiger charge is 2.19. The number of anilines is 1. The van der Waals surface area contributed by atoms with Crippen molar-refractivity contribution in [2.75, 3.05) is 10.6 Å². The first-order valence-corrected chi connectivity index (χ1v) is 11.4. The summed E-state index contributed by atoms with van der Waals surface area (Å²) in [5.41, 5.74) is 2.12. The standard InChI is InChI=1S/C23H22F2N2O3S/c1-16(18-5-11-21(25)12-6-18)26-23(28)19-7-13-22(14-8-19)27(31(2,29)30)15-17-3-9-20(24)10-4-17/h3-14,16H,15H2,1-2H3,(H,26,28)/t16-/m1/s1. The number of benzene rings is 3. The predicted octanol–water partition coefficient (Wildman–Crippen LogP) is 4.42. The number of amides is 1. The van der Waals surface area contributed by atoms with Gasteiger partial charge in [-0.15, -0.1) is 0 Å². The molecule has 0 aromatic heterocycles. The predicted molar refractivity (Wildman–Crippen MR) is 116 cm³/mol. The van der Waals surface area contributed by atoms with Crippen molar-refractivity contribution in [3.8, 4) is 0 Å². The number of carbonyl (C=O) groups is 1. The maximum absolute atomic E-state index is 13.1. The molecule has 0 unspecified atom stereocenters. The maximum Gasteiger partial charge on any atom is 0.251 e. The molecule has 0 heterocycles. The van der Waals surface area contributed by atoms with E-state index in [1.165, 1.54) is 52.8 Å². The van der Waals surface area contributed by atoms with Crippen molar-refractivity contribution in [1.29, 1.82) is 0 Å². The maximum atomic E-state index is 13.1. The highest BCUT2D eigenvalue weighted by Crippen LogP contribution is 2.22. The monoisotopic (exact) mass is 444 g/mol. The fourth-order valence-corrected chi connectivity index (χ4v) is 3.94. The highest BCUT2D eigenvalue weighted by molar-refractivity contribution is 7.92. The molecule has 0 radical (unpaired) electrons. The molecule has 1 atom stereocenters. The van der Waals surface area contributed by atoms with Gasteiger partial charge in [-0.25, -0.2) is 17.2 Å². The fraction of sp³-hybridized carbons (Fsp3) is 0.174. The van der Waals surface area contributed by atoms with E-state index in [4.69, 9.17) is 0 Å². The zero-order valence-corrected chi connectivity index (χ0v) is 17.9. The molecule has 8 heteroatoms. The smallest absolute Gasteiger partial charge is 0.251 e. The molecule has 0 saturated heterocycles. The van der Waals surface area contributed by atoms with Crippen LogP contribution in [0.25, 0.3) is 0 Å². The highest BCUT2D eigenvalue weighted by atomic mass is 32.2. The van der Waals surface area contributed by atoms with Crippen LogP contribution < -0.4 is 9.62 Å². The zero-order chi connectivity index (χ0) is 22.6. The summed E-state index contributed by atoms with van der Waals surface area (Å²) in [4.78, 5) is 12.5. The van der Waals surface area contributed by atoms with Gasteiger partial charge < -0.3 is 5.32 Å². The molecule has 0 fully saturated rings. The van der Waals surface area contributed by atoms with Crippen LogP contribution in [0.5, 0.6) is 0 Å². The lowest BCUT2D eigenvalue weighted by Gasteiger charge is -2.23. The van der Waals surface area contributed by atoms with E-state index in [1.807, 2.05) is 0 Å². The average Bonchev–Trinajstić information content (AvgIpc) is 2.73. The summed E-state index contributed by atoms with van der Waals surface area (Å²) in [6, 6.07) is 17.3. The van der Waals surface area contributed by atoms with Crippen molar-refractivity contribution in [1.82, 2.24) is 5.32 Å². The molecule has 31 heavy (non-hydrogen) atoms. The molecule has 3 rings (SSSR count). The van der Waals surface area contributed by atoms with Gasteiger partial charge in [-0.2, -0.15) is 0 Å². The molecule has 3 aromatic carbocycles. The van der Waals surface area contributed by atoms with Crippen molar-refractivity contribution < 1.29 is 22.0 Å². The van der Waals surface area contributed by atoms with Crippen molar-refractivity contribution in [3.63, 3.8) is 0 Å². The van der Waals surface area contributed by atoms with E-state index >= 15 is 0 Å². The molecule has 0 aliphatic rings. The lowest BCUT2D eigenvalue weighted by Crippen LogP contribution is -2.29. The topological polar surface area (TPSA) is 66.5 Å². The van der Waals surface area contributed by atoms with E-state index in [2.05, 4.69) is 5.32 Å². The third kappa shape index (κ3) is 5.88. The Morgan fingerprint density at radius 3 is 1.94 bits per heavy atom. The van der Waals surface area contributed by atoms with Gasteiger partial charge in [0.1, 0.15) is 11.6 Å². The number of hydrogen-bond acceptors (Lipinski definition) is 3. The molecular weight excluding hydrogens is 422 g/mol. The Morgan fingerprint density at radius 2 is 1.42 bits per heavy atom. The SMILES string of the molecule is C[C@@H](NC(=O)c1ccc(N(Cc2ccc(F)cc2)S(C)(=O)=O)cc1)c1ccc(F)cc1. The van der Waals surface area contributed by atoms with Gasteiger partial charge in [-0.1, -0.05) is 24.3 Å². The lowest BCUT2D eigenvalue weighted by molar-refractivity contribution is 0.0940. The number of halogens is 2. The van der Waals surface area contributed by atoms with Crippen LogP contribution >= 0.6 is 0 Å². The molecule has 0 spiro atoms. The third-order valence-corrected chi connectivity index (χ3v) is 5.92. The first kappa shape index (κ1) is 22.4. The summed E-state index contributed by atoms with van der Waals surface area (Å²) in [6.45, 7) is 1.82. The molecule has 0 aliphatic carbocycles. The van der Waals surface area contributed by atoms with E-state index in [-0.39, 0.29) is 24.3 Å². The van der Waals surface area contributed by atoms with E-state index in [0.717, 1.165) is 11.8 Å².